The van der Waals surface area contributed by atoms with Gasteiger partial charge >= 0.3 is 0 Å². The Kier molecular flexibility index (Phi) is 7.75. The van der Waals surface area contributed by atoms with E-state index in [0.29, 0.717) is 24.5 Å². The van der Waals surface area contributed by atoms with Crippen LogP contribution in [0.3, 0.4) is 0 Å². The molecule has 2 heterocycles. The van der Waals surface area contributed by atoms with Crippen molar-refractivity contribution in [3.05, 3.63) is 79.4 Å². The highest BCUT2D eigenvalue weighted by molar-refractivity contribution is 9.10. The van der Waals surface area contributed by atoms with E-state index < -0.39 is 11.6 Å². The predicted molar refractivity (Wildman–Crippen MR) is 116 cm³/mol. The Morgan fingerprint density at radius 3 is 2.78 bits per heavy atom. The van der Waals surface area contributed by atoms with Gasteiger partial charge in [0.25, 0.3) is 11.5 Å². The van der Waals surface area contributed by atoms with Crippen molar-refractivity contribution in [1.82, 2.24) is 20.1 Å². The van der Waals surface area contributed by atoms with Gasteiger partial charge in [-0.1, -0.05) is 0 Å². The van der Waals surface area contributed by atoms with Crippen LogP contribution in [0, 0.1) is 18.6 Å². The van der Waals surface area contributed by atoms with Crippen molar-refractivity contribution in [2.75, 3.05) is 20.3 Å². The van der Waals surface area contributed by atoms with Crippen molar-refractivity contribution in [3.8, 4) is 5.75 Å². The first-order chi connectivity index (χ1) is 15.3. The van der Waals surface area contributed by atoms with Gasteiger partial charge in [0.15, 0.2) is 0 Å². The maximum absolute atomic E-state index is 13.8. The Bertz CT molecular complexity index is 1180. The summed E-state index contributed by atoms with van der Waals surface area (Å²) in [4.78, 5) is 24.9. The van der Waals surface area contributed by atoms with E-state index in [1.54, 1.807) is 19.1 Å². The summed E-state index contributed by atoms with van der Waals surface area (Å²) in [6.45, 7) is 2.43. The third kappa shape index (κ3) is 5.60. The van der Waals surface area contributed by atoms with Gasteiger partial charge in [-0.3, -0.25) is 14.7 Å². The zero-order chi connectivity index (χ0) is 23.3. The number of aromatic nitrogens is 3. The van der Waals surface area contributed by atoms with Crippen molar-refractivity contribution in [2.45, 2.75) is 20.1 Å². The molecule has 0 fully saturated rings. The molecule has 0 aliphatic rings. The molecule has 3 aromatic rings. The van der Waals surface area contributed by atoms with Gasteiger partial charge in [-0.15, -0.1) is 0 Å². The van der Waals surface area contributed by atoms with Crippen LogP contribution < -0.4 is 15.6 Å². The molecule has 8 nitrogen and oxygen atoms in total. The van der Waals surface area contributed by atoms with Crippen molar-refractivity contribution in [3.63, 3.8) is 0 Å². The second-order valence-electron chi connectivity index (χ2n) is 6.91. The van der Waals surface area contributed by atoms with Crippen molar-refractivity contribution in [2.24, 2.45) is 0 Å². The van der Waals surface area contributed by atoms with Crippen LogP contribution in [0.25, 0.3) is 0 Å². The number of aryl methyl sites for hydroxylation is 1. The average molecular weight is 511 g/mol. The summed E-state index contributed by atoms with van der Waals surface area (Å²) in [7, 11) is 1.54. The van der Waals surface area contributed by atoms with Gasteiger partial charge in [0.2, 0.25) is 0 Å². The van der Waals surface area contributed by atoms with E-state index in [2.05, 4.69) is 31.4 Å². The minimum absolute atomic E-state index is 0.147. The van der Waals surface area contributed by atoms with E-state index >= 15 is 0 Å². The van der Waals surface area contributed by atoms with E-state index in [4.69, 9.17) is 9.47 Å². The summed E-state index contributed by atoms with van der Waals surface area (Å²) in [6.07, 6.45) is 0. The molecule has 1 aromatic carbocycles. The third-order valence-electron chi connectivity index (χ3n) is 4.60. The number of pyridine rings is 1. The summed E-state index contributed by atoms with van der Waals surface area (Å²) >= 11 is 3.23. The van der Waals surface area contributed by atoms with E-state index in [1.165, 1.54) is 17.7 Å². The first kappa shape index (κ1) is 23.6. The second-order valence-corrected chi connectivity index (χ2v) is 7.70. The van der Waals surface area contributed by atoms with Crippen LogP contribution >= 0.6 is 15.9 Å². The Hall–Kier alpha value is -3.05. The highest BCUT2D eigenvalue weighted by Crippen LogP contribution is 2.24. The lowest BCUT2D eigenvalue weighted by Gasteiger charge is -2.14. The fraction of sp³-hybridized carbons (Fsp3) is 0.286. The van der Waals surface area contributed by atoms with Gasteiger partial charge in [0.05, 0.1) is 18.8 Å². The van der Waals surface area contributed by atoms with Crippen LogP contribution in [0.2, 0.25) is 0 Å². The Morgan fingerprint density at radius 1 is 1.28 bits per heavy atom. The smallest absolute Gasteiger partial charge is 0.271 e. The molecule has 0 aliphatic carbocycles. The lowest BCUT2D eigenvalue weighted by atomic mass is 10.2. The lowest BCUT2D eigenvalue weighted by Crippen LogP contribution is -2.27. The summed E-state index contributed by atoms with van der Waals surface area (Å²) in [5, 5.41) is 9.39. The molecule has 0 bridgehead atoms. The topological polar surface area (TPSA) is 98.2 Å². The number of amides is 1. The summed E-state index contributed by atoms with van der Waals surface area (Å²) in [5.74, 6) is -1.53. The quantitative estimate of drug-likeness (QED) is 0.431. The molecule has 0 aliphatic heterocycles. The second kappa shape index (κ2) is 10.5. The maximum Gasteiger partial charge on any atom is 0.271 e. The molecule has 0 saturated carbocycles. The van der Waals surface area contributed by atoms with Crippen molar-refractivity contribution in [1.29, 1.82) is 0 Å². The molecule has 170 valence electrons. The standard InChI is InChI=1S/C21H21BrF2N4O4/c1-12-7-18(32-11-13-3-4-14(23)8-16(13)24)19(22)21(30)28(12)10-15-9-17(27-26-15)20(29)25-5-6-31-2/h3-4,7-9H,5-6,10-11H2,1-2H3,(H,25,29)(H,26,27). The number of hydrogen-bond donors (Lipinski definition) is 2. The fourth-order valence-corrected chi connectivity index (χ4v) is 3.34. The number of carbonyl (C=O) groups is 1. The molecule has 0 atom stereocenters. The molecule has 0 spiro atoms. The molecule has 0 unspecified atom stereocenters. The average Bonchev–Trinajstić information content (AvgIpc) is 3.23. The van der Waals surface area contributed by atoms with Crippen LogP contribution in [0.1, 0.15) is 27.4 Å². The van der Waals surface area contributed by atoms with E-state index in [9.17, 15) is 18.4 Å². The highest BCUT2D eigenvalue weighted by Gasteiger charge is 2.16. The third-order valence-corrected chi connectivity index (χ3v) is 5.33. The van der Waals surface area contributed by atoms with Gasteiger partial charge in [-0.2, -0.15) is 5.10 Å². The minimum Gasteiger partial charge on any atom is -0.487 e. The van der Waals surface area contributed by atoms with E-state index in [-0.39, 0.29) is 46.1 Å². The number of nitrogens with zero attached hydrogens (tertiary/aromatic N) is 2. The van der Waals surface area contributed by atoms with Gasteiger partial charge in [0, 0.05) is 37.0 Å². The molecular weight excluding hydrogens is 490 g/mol. The predicted octanol–water partition coefficient (Wildman–Crippen LogP) is 2.92. The number of carbonyl (C=O) groups excluding carboxylic acids is 1. The molecule has 11 heteroatoms. The summed E-state index contributed by atoms with van der Waals surface area (Å²) in [6, 6.07) is 6.38. The zero-order valence-electron chi connectivity index (χ0n) is 17.4. The largest absolute Gasteiger partial charge is 0.487 e. The van der Waals surface area contributed by atoms with Gasteiger partial charge < -0.3 is 19.4 Å². The van der Waals surface area contributed by atoms with E-state index in [0.717, 1.165) is 12.1 Å². The molecule has 3 rings (SSSR count). The monoisotopic (exact) mass is 510 g/mol. The molecule has 0 saturated heterocycles. The Balaban J connectivity index is 1.73. The molecule has 0 radical (unpaired) electrons. The van der Waals surface area contributed by atoms with Crippen LogP contribution in [0.4, 0.5) is 8.78 Å². The number of ether oxygens (including phenoxy) is 2. The van der Waals surface area contributed by atoms with Crippen LogP contribution in [-0.2, 0) is 17.9 Å². The number of rotatable bonds is 9. The van der Waals surface area contributed by atoms with Crippen LogP contribution in [0.15, 0.2) is 39.6 Å². The number of nitrogens with one attached hydrogen (secondary N) is 2. The van der Waals surface area contributed by atoms with Gasteiger partial charge in [-0.25, -0.2) is 8.78 Å². The van der Waals surface area contributed by atoms with Gasteiger partial charge in [-0.05, 0) is 41.1 Å². The normalized spacial score (nSPS) is 10.9. The minimum atomic E-state index is -0.729. The van der Waals surface area contributed by atoms with Gasteiger partial charge in [0.1, 0.15) is 34.2 Å². The van der Waals surface area contributed by atoms with Crippen LogP contribution in [-0.4, -0.2) is 40.9 Å². The first-order valence-corrected chi connectivity index (χ1v) is 10.4. The molecular formula is C21H21BrF2N4O4. The van der Waals surface area contributed by atoms with Crippen LogP contribution in [0.5, 0.6) is 5.75 Å². The Morgan fingerprint density at radius 2 is 2.06 bits per heavy atom. The lowest BCUT2D eigenvalue weighted by molar-refractivity contribution is 0.0932. The number of halogens is 3. The molecule has 1 amide bonds. The van der Waals surface area contributed by atoms with Crippen molar-refractivity contribution < 1.29 is 23.0 Å². The Labute approximate surface area is 190 Å². The van der Waals surface area contributed by atoms with Crippen molar-refractivity contribution >= 4 is 21.8 Å². The molecule has 2 N–H and O–H groups in total. The fourth-order valence-electron chi connectivity index (χ4n) is 2.90. The number of hydrogen-bond acceptors (Lipinski definition) is 5. The first-order valence-electron chi connectivity index (χ1n) is 9.58. The number of H-pyrrole nitrogens is 1. The van der Waals surface area contributed by atoms with E-state index in [1.807, 2.05) is 0 Å². The highest BCUT2D eigenvalue weighted by atomic mass is 79.9. The molecule has 32 heavy (non-hydrogen) atoms. The number of benzene rings is 1. The molecule has 2 aromatic heterocycles. The zero-order valence-corrected chi connectivity index (χ0v) is 19.0. The number of aromatic amines is 1. The summed E-state index contributed by atoms with van der Waals surface area (Å²) in [5.41, 5.74) is 1.12. The maximum atomic E-state index is 13.8. The summed E-state index contributed by atoms with van der Waals surface area (Å²) < 4.78 is 39.0. The SMILES string of the molecule is COCCNC(=O)c1cc(Cn2c(C)cc(OCc3ccc(F)cc3F)c(Br)c2=O)[nH]n1. The number of methoxy groups -OCH3 is 1.